The lowest BCUT2D eigenvalue weighted by Crippen LogP contribution is -2.08. The molecule has 1 aromatic rings. The van der Waals surface area contributed by atoms with Gasteiger partial charge in [-0.25, -0.2) is 0 Å². The molecule has 0 aliphatic carbocycles. The summed E-state index contributed by atoms with van der Waals surface area (Å²) in [5.41, 5.74) is 1.21. The summed E-state index contributed by atoms with van der Waals surface area (Å²) in [6, 6.07) is 8.36. The second kappa shape index (κ2) is 3.75. The molecule has 66 valence electrons. The predicted octanol–water partition coefficient (Wildman–Crippen LogP) is 2.64. The lowest BCUT2D eigenvalue weighted by atomic mass is 10.1. The van der Waals surface area contributed by atoms with Gasteiger partial charge in [0.2, 0.25) is 0 Å². The molecule has 1 atom stereocenters. The summed E-state index contributed by atoms with van der Waals surface area (Å²) >= 11 is 3.40. The van der Waals surface area contributed by atoms with Crippen LogP contribution < -0.4 is 5.32 Å². The Morgan fingerprint density at radius 2 is 2.00 bits per heavy atom. The highest BCUT2D eigenvalue weighted by atomic mass is 79.9. The highest BCUT2D eigenvalue weighted by molar-refractivity contribution is 9.10. The van der Waals surface area contributed by atoms with Crippen molar-refractivity contribution in [2.75, 3.05) is 0 Å². The Labute approximate surface area is 85.5 Å². The van der Waals surface area contributed by atoms with Crippen LogP contribution in [0.15, 0.2) is 46.0 Å². The number of hydrogen-bond donors (Lipinski definition) is 1. The van der Waals surface area contributed by atoms with Crippen molar-refractivity contribution < 1.29 is 0 Å². The first-order chi connectivity index (χ1) is 6.36. The fourth-order valence-corrected chi connectivity index (χ4v) is 1.48. The van der Waals surface area contributed by atoms with E-state index >= 15 is 0 Å². The molecule has 0 fully saturated rings. The van der Waals surface area contributed by atoms with E-state index in [0.717, 1.165) is 4.47 Å². The number of nitrogens with zero attached hydrogens (tertiary/aromatic N) is 1. The topological polar surface area (TPSA) is 24.4 Å². The molecular formula is C10H9BrN2. The zero-order chi connectivity index (χ0) is 9.10. The molecule has 0 saturated carbocycles. The third-order valence-corrected chi connectivity index (χ3v) is 2.42. The monoisotopic (exact) mass is 236 g/mol. The van der Waals surface area contributed by atoms with Crippen LogP contribution in [0.25, 0.3) is 0 Å². The zero-order valence-electron chi connectivity index (χ0n) is 6.94. The number of hydrogen-bond acceptors (Lipinski definition) is 2. The molecule has 0 bridgehead atoms. The third kappa shape index (κ3) is 1.98. The first kappa shape index (κ1) is 8.51. The Hall–Kier alpha value is -1.09. The summed E-state index contributed by atoms with van der Waals surface area (Å²) in [6.45, 7) is 0. The molecule has 1 heterocycles. The van der Waals surface area contributed by atoms with Crippen LogP contribution in [0.3, 0.4) is 0 Å². The van der Waals surface area contributed by atoms with Gasteiger partial charge in [0, 0.05) is 10.7 Å². The Kier molecular flexibility index (Phi) is 2.45. The van der Waals surface area contributed by atoms with Gasteiger partial charge in [-0.05, 0) is 23.8 Å². The minimum Gasteiger partial charge on any atom is -0.353 e. The summed E-state index contributed by atoms with van der Waals surface area (Å²) in [5.74, 6) is 0. The van der Waals surface area contributed by atoms with E-state index in [1.54, 1.807) is 6.34 Å². The maximum atomic E-state index is 4.29. The summed E-state index contributed by atoms with van der Waals surface area (Å²) in [7, 11) is 0. The van der Waals surface area contributed by atoms with Crippen molar-refractivity contribution in [3.63, 3.8) is 0 Å². The van der Waals surface area contributed by atoms with Crippen molar-refractivity contribution >= 4 is 22.3 Å². The quantitative estimate of drug-likeness (QED) is 0.797. The molecule has 1 aliphatic heterocycles. The standard InChI is InChI=1S/C10H9BrN2/c11-9-3-1-8(2-4-9)10-5-6-12-7-13-10/h1-7,10H,(H,12,13). The van der Waals surface area contributed by atoms with E-state index in [1.807, 2.05) is 24.4 Å². The highest BCUT2D eigenvalue weighted by Crippen LogP contribution is 2.21. The van der Waals surface area contributed by atoms with Crippen LogP contribution in [0.4, 0.5) is 0 Å². The highest BCUT2D eigenvalue weighted by Gasteiger charge is 2.06. The van der Waals surface area contributed by atoms with E-state index in [1.165, 1.54) is 5.56 Å². The molecule has 2 rings (SSSR count). The number of halogens is 1. The molecule has 1 aliphatic rings. The van der Waals surface area contributed by atoms with Gasteiger partial charge in [0.05, 0.1) is 12.4 Å². The smallest absolute Gasteiger partial charge is 0.0964 e. The van der Waals surface area contributed by atoms with Crippen molar-refractivity contribution in [3.8, 4) is 0 Å². The van der Waals surface area contributed by atoms with E-state index in [2.05, 4.69) is 38.4 Å². The van der Waals surface area contributed by atoms with Crippen molar-refractivity contribution in [3.05, 3.63) is 46.6 Å². The van der Waals surface area contributed by atoms with Gasteiger partial charge < -0.3 is 5.32 Å². The lowest BCUT2D eigenvalue weighted by Gasteiger charge is -2.11. The summed E-state index contributed by atoms with van der Waals surface area (Å²) in [5, 5.41) is 2.91. The van der Waals surface area contributed by atoms with Gasteiger partial charge in [-0.3, -0.25) is 4.99 Å². The van der Waals surface area contributed by atoms with Gasteiger partial charge in [-0.1, -0.05) is 28.1 Å². The molecule has 0 aromatic heterocycles. The Balaban J connectivity index is 2.25. The van der Waals surface area contributed by atoms with Crippen molar-refractivity contribution in [2.24, 2.45) is 4.99 Å². The summed E-state index contributed by atoms with van der Waals surface area (Å²) in [6.07, 6.45) is 5.65. The van der Waals surface area contributed by atoms with Crippen LogP contribution in [0.2, 0.25) is 0 Å². The van der Waals surface area contributed by atoms with Crippen molar-refractivity contribution in [2.45, 2.75) is 6.04 Å². The molecule has 0 radical (unpaired) electrons. The Morgan fingerprint density at radius 3 is 2.62 bits per heavy atom. The maximum Gasteiger partial charge on any atom is 0.0964 e. The second-order valence-electron chi connectivity index (χ2n) is 2.80. The Morgan fingerprint density at radius 1 is 1.23 bits per heavy atom. The number of aliphatic imine (C=N–C) groups is 1. The van der Waals surface area contributed by atoms with Crippen LogP contribution in [-0.4, -0.2) is 6.34 Å². The maximum absolute atomic E-state index is 4.29. The number of nitrogens with one attached hydrogen (secondary N) is 1. The van der Waals surface area contributed by atoms with Crippen LogP contribution in [0.1, 0.15) is 11.6 Å². The second-order valence-corrected chi connectivity index (χ2v) is 3.72. The summed E-state index contributed by atoms with van der Waals surface area (Å²) in [4.78, 5) is 4.29. The molecular weight excluding hydrogens is 228 g/mol. The molecule has 0 saturated heterocycles. The third-order valence-electron chi connectivity index (χ3n) is 1.90. The van der Waals surface area contributed by atoms with E-state index in [-0.39, 0.29) is 6.04 Å². The van der Waals surface area contributed by atoms with Gasteiger partial charge in [0.15, 0.2) is 0 Å². The number of rotatable bonds is 1. The average molecular weight is 237 g/mol. The largest absolute Gasteiger partial charge is 0.353 e. The summed E-state index contributed by atoms with van der Waals surface area (Å²) < 4.78 is 1.10. The minimum absolute atomic E-state index is 0.161. The SMILES string of the molecule is Brc1ccc(C2C=CNC=N2)cc1. The Bertz CT molecular complexity index is 328. The zero-order valence-corrected chi connectivity index (χ0v) is 8.53. The molecule has 0 amide bonds. The molecule has 1 unspecified atom stereocenters. The molecule has 0 spiro atoms. The van der Waals surface area contributed by atoms with Crippen LogP contribution in [-0.2, 0) is 0 Å². The molecule has 3 heteroatoms. The molecule has 1 aromatic carbocycles. The van der Waals surface area contributed by atoms with Gasteiger partial charge in [0.25, 0.3) is 0 Å². The fourth-order valence-electron chi connectivity index (χ4n) is 1.22. The van der Waals surface area contributed by atoms with Gasteiger partial charge in [-0.15, -0.1) is 0 Å². The first-order valence-electron chi connectivity index (χ1n) is 4.06. The van der Waals surface area contributed by atoms with Gasteiger partial charge >= 0.3 is 0 Å². The van der Waals surface area contributed by atoms with Crippen molar-refractivity contribution in [1.82, 2.24) is 5.32 Å². The minimum atomic E-state index is 0.161. The predicted molar refractivity (Wildman–Crippen MR) is 57.7 cm³/mol. The average Bonchev–Trinajstić information content (AvgIpc) is 2.20. The van der Waals surface area contributed by atoms with Crippen LogP contribution in [0, 0.1) is 0 Å². The van der Waals surface area contributed by atoms with E-state index < -0.39 is 0 Å². The first-order valence-corrected chi connectivity index (χ1v) is 4.85. The fraction of sp³-hybridized carbons (Fsp3) is 0.100. The van der Waals surface area contributed by atoms with Crippen LogP contribution in [0.5, 0.6) is 0 Å². The van der Waals surface area contributed by atoms with Gasteiger partial charge in [0.1, 0.15) is 0 Å². The van der Waals surface area contributed by atoms with E-state index in [4.69, 9.17) is 0 Å². The van der Waals surface area contributed by atoms with Gasteiger partial charge in [-0.2, -0.15) is 0 Å². The van der Waals surface area contributed by atoms with Crippen LogP contribution >= 0.6 is 15.9 Å². The molecule has 1 N–H and O–H groups in total. The van der Waals surface area contributed by atoms with E-state index in [9.17, 15) is 0 Å². The lowest BCUT2D eigenvalue weighted by molar-refractivity contribution is 0.884. The molecule has 13 heavy (non-hydrogen) atoms. The van der Waals surface area contributed by atoms with E-state index in [0.29, 0.717) is 0 Å². The number of benzene rings is 1. The molecule has 2 nitrogen and oxygen atoms in total. The normalized spacial score (nSPS) is 19.9. The van der Waals surface area contributed by atoms with Crippen molar-refractivity contribution in [1.29, 1.82) is 0 Å².